The van der Waals surface area contributed by atoms with E-state index in [9.17, 15) is 9.59 Å². The van der Waals surface area contributed by atoms with Crippen molar-refractivity contribution in [2.24, 2.45) is 0 Å². The van der Waals surface area contributed by atoms with Gasteiger partial charge in [-0.15, -0.1) is 0 Å². The first-order chi connectivity index (χ1) is 11.1. The average molecular weight is 374 g/mol. The van der Waals surface area contributed by atoms with Gasteiger partial charge in [-0.2, -0.15) is 5.26 Å². The third-order valence-corrected chi connectivity index (χ3v) is 3.34. The SMILES string of the molecule is N#Cc1ccc(OCC(=O)OCC(=O)c2cccc(Br)c2)cc1. The molecule has 116 valence electrons. The monoisotopic (exact) mass is 373 g/mol. The summed E-state index contributed by atoms with van der Waals surface area (Å²) >= 11 is 3.27. The molecule has 2 aromatic carbocycles. The van der Waals surface area contributed by atoms with Crippen LogP contribution in [0.3, 0.4) is 0 Å². The summed E-state index contributed by atoms with van der Waals surface area (Å²) in [6, 6.07) is 15.1. The van der Waals surface area contributed by atoms with Crippen LogP contribution < -0.4 is 4.74 Å². The Balaban J connectivity index is 1.78. The Morgan fingerprint density at radius 3 is 2.48 bits per heavy atom. The van der Waals surface area contributed by atoms with E-state index in [1.54, 1.807) is 48.5 Å². The lowest BCUT2D eigenvalue weighted by molar-refractivity contribution is -0.144. The maximum atomic E-state index is 11.9. The topological polar surface area (TPSA) is 76.4 Å². The van der Waals surface area contributed by atoms with Crippen molar-refractivity contribution in [1.29, 1.82) is 5.26 Å². The Bertz CT molecular complexity index is 750. The summed E-state index contributed by atoms with van der Waals surface area (Å²) in [6.45, 7) is -0.649. The maximum Gasteiger partial charge on any atom is 0.344 e. The summed E-state index contributed by atoms with van der Waals surface area (Å²) in [6.07, 6.45) is 0. The first kappa shape index (κ1) is 16.7. The fourth-order valence-electron chi connectivity index (χ4n) is 1.70. The molecule has 23 heavy (non-hydrogen) atoms. The van der Waals surface area contributed by atoms with Crippen LogP contribution in [-0.4, -0.2) is 25.0 Å². The minimum atomic E-state index is -0.641. The fourth-order valence-corrected chi connectivity index (χ4v) is 2.10. The summed E-state index contributed by atoms with van der Waals surface area (Å²) < 4.78 is 10.9. The second-order valence-corrected chi connectivity index (χ2v) is 5.43. The van der Waals surface area contributed by atoms with E-state index in [0.717, 1.165) is 4.47 Å². The molecular formula is C17H12BrNO4. The van der Waals surface area contributed by atoms with E-state index in [4.69, 9.17) is 14.7 Å². The highest BCUT2D eigenvalue weighted by atomic mass is 79.9. The van der Waals surface area contributed by atoms with Gasteiger partial charge in [-0.1, -0.05) is 28.1 Å². The van der Waals surface area contributed by atoms with Crippen molar-refractivity contribution in [1.82, 2.24) is 0 Å². The van der Waals surface area contributed by atoms with Crippen molar-refractivity contribution in [3.63, 3.8) is 0 Å². The van der Waals surface area contributed by atoms with Gasteiger partial charge in [-0.05, 0) is 36.4 Å². The van der Waals surface area contributed by atoms with Crippen LogP contribution in [0.25, 0.3) is 0 Å². The molecule has 0 spiro atoms. The number of nitrogens with zero attached hydrogens (tertiary/aromatic N) is 1. The lowest BCUT2D eigenvalue weighted by atomic mass is 10.1. The van der Waals surface area contributed by atoms with E-state index in [1.165, 1.54) is 0 Å². The van der Waals surface area contributed by atoms with Crippen molar-refractivity contribution in [3.05, 3.63) is 64.1 Å². The molecule has 0 saturated heterocycles. The molecule has 6 heteroatoms. The van der Waals surface area contributed by atoms with E-state index in [0.29, 0.717) is 16.9 Å². The van der Waals surface area contributed by atoms with Gasteiger partial charge in [0, 0.05) is 10.0 Å². The standard InChI is InChI=1S/C17H12BrNO4/c18-14-3-1-2-13(8-14)16(20)10-23-17(21)11-22-15-6-4-12(9-19)5-7-15/h1-8H,10-11H2. The highest BCUT2D eigenvalue weighted by molar-refractivity contribution is 9.10. The molecule has 0 N–H and O–H groups in total. The van der Waals surface area contributed by atoms with Crippen LogP contribution in [-0.2, 0) is 9.53 Å². The third-order valence-electron chi connectivity index (χ3n) is 2.85. The second kappa shape index (κ2) is 8.11. The number of ether oxygens (including phenoxy) is 2. The molecule has 5 nitrogen and oxygen atoms in total. The molecule has 0 saturated carbocycles. The predicted molar refractivity (Wildman–Crippen MR) is 86.1 cm³/mol. The van der Waals surface area contributed by atoms with Crippen LogP contribution in [0.5, 0.6) is 5.75 Å². The molecule has 2 rings (SSSR count). The van der Waals surface area contributed by atoms with E-state index in [2.05, 4.69) is 15.9 Å². The van der Waals surface area contributed by atoms with Crippen molar-refractivity contribution in [2.75, 3.05) is 13.2 Å². The number of Topliss-reactive ketones (excluding diaryl/α,β-unsaturated/α-hetero) is 1. The number of halogens is 1. The lowest BCUT2D eigenvalue weighted by Gasteiger charge is -2.07. The van der Waals surface area contributed by atoms with Crippen LogP contribution in [0.1, 0.15) is 15.9 Å². The van der Waals surface area contributed by atoms with Gasteiger partial charge in [0.25, 0.3) is 0 Å². The van der Waals surface area contributed by atoms with Crippen molar-refractivity contribution >= 4 is 27.7 Å². The number of ketones is 1. The van der Waals surface area contributed by atoms with Gasteiger partial charge < -0.3 is 9.47 Å². The summed E-state index contributed by atoms with van der Waals surface area (Å²) in [5.74, 6) is -0.491. The van der Waals surface area contributed by atoms with Crippen LogP contribution in [0, 0.1) is 11.3 Å². The number of benzene rings is 2. The van der Waals surface area contributed by atoms with Gasteiger partial charge >= 0.3 is 5.97 Å². The summed E-state index contributed by atoms with van der Waals surface area (Å²) in [5.41, 5.74) is 0.958. The van der Waals surface area contributed by atoms with Crippen molar-refractivity contribution in [2.45, 2.75) is 0 Å². The molecule has 0 aromatic heterocycles. The van der Waals surface area contributed by atoms with Gasteiger partial charge in [0.05, 0.1) is 11.6 Å². The number of esters is 1. The highest BCUT2D eigenvalue weighted by Gasteiger charge is 2.11. The maximum absolute atomic E-state index is 11.9. The average Bonchev–Trinajstić information content (AvgIpc) is 2.58. The first-order valence-electron chi connectivity index (χ1n) is 6.66. The molecule has 2 aromatic rings. The Kier molecular flexibility index (Phi) is 5.89. The normalized spacial score (nSPS) is 9.74. The summed E-state index contributed by atoms with van der Waals surface area (Å²) in [5, 5.41) is 8.68. The Hall–Kier alpha value is -2.65. The minimum Gasteiger partial charge on any atom is -0.482 e. The van der Waals surface area contributed by atoms with Crippen LogP contribution in [0.2, 0.25) is 0 Å². The number of carbonyl (C=O) groups excluding carboxylic acids is 2. The van der Waals surface area contributed by atoms with E-state index in [1.807, 2.05) is 6.07 Å². The lowest BCUT2D eigenvalue weighted by Crippen LogP contribution is -2.19. The molecule has 0 radical (unpaired) electrons. The van der Waals surface area contributed by atoms with Crippen LogP contribution in [0.15, 0.2) is 53.0 Å². The first-order valence-corrected chi connectivity index (χ1v) is 7.45. The molecule has 0 atom stereocenters. The zero-order chi connectivity index (χ0) is 16.7. The molecule has 0 aliphatic heterocycles. The van der Waals surface area contributed by atoms with E-state index in [-0.39, 0.29) is 19.0 Å². The molecular weight excluding hydrogens is 362 g/mol. The van der Waals surface area contributed by atoms with Crippen molar-refractivity contribution < 1.29 is 19.1 Å². The number of hydrogen-bond donors (Lipinski definition) is 0. The van der Waals surface area contributed by atoms with Gasteiger partial charge in [-0.3, -0.25) is 4.79 Å². The zero-order valence-corrected chi connectivity index (χ0v) is 13.6. The Morgan fingerprint density at radius 2 is 1.83 bits per heavy atom. The summed E-state index contributed by atoms with van der Waals surface area (Å²) in [4.78, 5) is 23.5. The summed E-state index contributed by atoms with van der Waals surface area (Å²) in [7, 11) is 0. The fraction of sp³-hybridized carbons (Fsp3) is 0.118. The molecule has 0 fully saturated rings. The van der Waals surface area contributed by atoms with Crippen LogP contribution in [0.4, 0.5) is 0 Å². The molecule has 0 aliphatic carbocycles. The Labute approximate surface area is 141 Å². The molecule has 0 aliphatic rings. The number of hydrogen-bond acceptors (Lipinski definition) is 5. The molecule has 0 amide bonds. The van der Waals surface area contributed by atoms with Gasteiger partial charge in [-0.25, -0.2) is 4.79 Å². The second-order valence-electron chi connectivity index (χ2n) is 4.52. The predicted octanol–water partition coefficient (Wildman–Crippen LogP) is 3.13. The highest BCUT2D eigenvalue weighted by Crippen LogP contribution is 2.13. The minimum absolute atomic E-state index is 0.293. The molecule has 0 heterocycles. The van der Waals surface area contributed by atoms with E-state index >= 15 is 0 Å². The van der Waals surface area contributed by atoms with Gasteiger partial charge in [0.1, 0.15) is 5.75 Å². The van der Waals surface area contributed by atoms with E-state index < -0.39 is 5.97 Å². The Morgan fingerprint density at radius 1 is 1.09 bits per heavy atom. The number of rotatable bonds is 6. The van der Waals surface area contributed by atoms with Gasteiger partial charge in [0.15, 0.2) is 19.0 Å². The zero-order valence-electron chi connectivity index (χ0n) is 12.0. The van der Waals surface area contributed by atoms with Gasteiger partial charge in [0.2, 0.25) is 0 Å². The quantitative estimate of drug-likeness (QED) is 0.574. The van der Waals surface area contributed by atoms with Crippen LogP contribution >= 0.6 is 15.9 Å². The smallest absolute Gasteiger partial charge is 0.344 e. The largest absolute Gasteiger partial charge is 0.482 e. The van der Waals surface area contributed by atoms with Crippen molar-refractivity contribution in [3.8, 4) is 11.8 Å². The molecule has 0 bridgehead atoms. The molecule has 0 unspecified atom stereocenters. The third kappa shape index (κ3) is 5.24. The number of carbonyl (C=O) groups is 2. The number of nitriles is 1.